The smallest absolute Gasteiger partial charge is 0.0798 e. The van der Waals surface area contributed by atoms with Crippen LogP contribution in [-0.4, -0.2) is 22.6 Å². The SMILES string of the molecule is CC(C)Cc1cc(-c2[c-]cccc2)ncc1[Si](C)(C)C.Cc1ccc2c(-c3nc4ccccc4n3-c3c(-c4ccccc4)cc(C(C)(C)C)cc3-c3ccccc3)[c-]sc2c1.[Ir]. The molecule has 9 aromatic rings. The van der Waals surface area contributed by atoms with E-state index in [2.05, 4.69) is 216 Å². The van der Waals surface area contributed by atoms with Gasteiger partial charge in [-0.05, 0) is 76.5 Å². The Balaban J connectivity index is 0.000000233. The van der Waals surface area contributed by atoms with Crippen molar-refractivity contribution >= 4 is 45.7 Å². The molecule has 6 heteroatoms. The summed E-state index contributed by atoms with van der Waals surface area (Å²) in [5.74, 6) is 1.58. The first-order chi connectivity index (χ1) is 29.3. The average Bonchev–Trinajstić information content (AvgIpc) is 3.84. The van der Waals surface area contributed by atoms with Crippen LogP contribution in [0.5, 0.6) is 0 Å². The fourth-order valence-corrected chi connectivity index (χ4v) is 10.7. The van der Waals surface area contributed by atoms with Crippen LogP contribution in [0, 0.1) is 24.3 Å². The molecule has 0 unspecified atom stereocenters. The molecule has 0 aliphatic heterocycles. The average molecular weight is 1020 g/mol. The van der Waals surface area contributed by atoms with Crippen LogP contribution < -0.4 is 5.19 Å². The molecular formula is C56H55IrN3SSi-2. The summed E-state index contributed by atoms with van der Waals surface area (Å²) in [6.45, 7) is 20.7. The minimum atomic E-state index is -1.34. The number of para-hydroxylation sites is 2. The fourth-order valence-electron chi connectivity index (χ4n) is 8.13. The normalized spacial score (nSPS) is 11.7. The number of imidazole rings is 1. The zero-order valence-corrected chi connectivity index (χ0v) is 41.5. The number of benzene rings is 6. The summed E-state index contributed by atoms with van der Waals surface area (Å²) >= 11 is 1.67. The topological polar surface area (TPSA) is 30.7 Å². The van der Waals surface area contributed by atoms with Crippen LogP contribution >= 0.6 is 11.3 Å². The van der Waals surface area contributed by atoms with Gasteiger partial charge in [0.25, 0.3) is 0 Å². The van der Waals surface area contributed by atoms with Gasteiger partial charge in [-0.2, -0.15) is 0 Å². The predicted octanol–water partition coefficient (Wildman–Crippen LogP) is 14.9. The Morgan fingerprint density at radius 2 is 1.37 bits per heavy atom. The number of thiophene rings is 1. The Labute approximate surface area is 387 Å². The van der Waals surface area contributed by atoms with Crippen LogP contribution in [0.3, 0.4) is 0 Å². The van der Waals surface area contributed by atoms with Crippen molar-refractivity contribution in [1.82, 2.24) is 14.5 Å². The molecule has 0 atom stereocenters. The molecule has 0 spiro atoms. The summed E-state index contributed by atoms with van der Waals surface area (Å²) in [6.07, 6.45) is 3.24. The van der Waals surface area contributed by atoms with Crippen LogP contribution in [0.4, 0.5) is 0 Å². The second kappa shape index (κ2) is 18.6. The van der Waals surface area contributed by atoms with Crippen LogP contribution in [0.1, 0.15) is 51.3 Å². The monoisotopic (exact) mass is 1020 g/mol. The van der Waals surface area contributed by atoms with Gasteiger partial charge < -0.3 is 9.55 Å². The maximum atomic E-state index is 5.28. The number of aromatic nitrogens is 3. The third kappa shape index (κ3) is 9.55. The first-order valence-corrected chi connectivity index (χ1v) is 25.7. The summed E-state index contributed by atoms with van der Waals surface area (Å²) < 4.78 is 3.61. The Kier molecular flexibility index (Phi) is 13.5. The summed E-state index contributed by atoms with van der Waals surface area (Å²) in [5.41, 5.74) is 15.1. The molecule has 0 aliphatic carbocycles. The molecule has 3 aromatic heterocycles. The summed E-state index contributed by atoms with van der Waals surface area (Å²) in [7, 11) is -1.34. The van der Waals surface area contributed by atoms with Crippen LogP contribution in [-0.2, 0) is 31.9 Å². The van der Waals surface area contributed by atoms with Crippen molar-refractivity contribution in [3.8, 4) is 50.6 Å². The van der Waals surface area contributed by atoms with Crippen molar-refractivity contribution in [2.75, 3.05) is 0 Å². The van der Waals surface area contributed by atoms with Gasteiger partial charge in [0.05, 0.1) is 30.6 Å². The van der Waals surface area contributed by atoms with Crippen molar-refractivity contribution in [1.29, 1.82) is 0 Å². The van der Waals surface area contributed by atoms with Crippen molar-refractivity contribution in [2.24, 2.45) is 5.92 Å². The molecule has 0 N–H and O–H groups in total. The number of hydrogen-bond acceptors (Lipinski definition) is 3. The van der Waals surface area contributed by atoms with Gasteiger partial charge in [0.2, 0.25) is 0 Å². The summed E-state index contributed by atoms with van der Waals surface area (Å²) in [5, 5.41) is 6.32. The molecule has 0 saturated heterocycles. The summed E-state index contributed by atoms with van der Waals surface area (Å²) in [4.78, 5) is 9.97. The first kappa shape index (κ1) is 44.8. The second-order valence-electron chi connectivity index (χ2n) is 18.6. The predicted molar refractivity (Wildman–Crippen MR) is 265 cm³/mol. The van der Waals surface area contributed by atoms with Crippen LogP contribution in [0.2, 0.25) is 19.6 Å². The molecular weight excluding hydrogens is 967 g/mol. The van der Waals surface area contributed by atoms with Gasteiger partial charge in [0, 0.05) is 37.4 Å². The number of aryl methyl sites for hydroxylation is 1. The van der Waals surface area contributed by atoms with E-state index in [0.29, 0.717) is 5.92 Å². The molecule has 0 bridgehead atoms. The van der Waals surface area contributed by atoms with Gasteiger partial charge in [0.1, 0.15) is 0 Å². The van der Waals surface area contributed by atoms with E-state index in [1.807, 2.05) is 18.2 Å². The molecule has 0 aliphatic rings. The standard InChI is InChI=1S/C38H31N2S.C18H24NSi.Ir/c1-25-19-20-29-32(24-41-35(29)21-25)37-39-33-17-11-12-18-34(33)40(37)36-30(26-13-7-5-8-14-26)22-28(38(2,3)4)23-31(36)27-15-9-6-10-16-27;1-14(2)11-16-12-17(15-9-7-6-8-10-15)19-13-18(16)20(3,4)5;/h5-23H,1-4H3;6-9,12-14H,11H2,1-5H3;/q2*-1;. The third-order valence-electron chi connectivity index (χ3n) is 11.2. The number of hydrogen-bond donors (Lipinski definition) is 0. The zero-order chi connectivity index (χ0) is 42.9. The minimum Gasteiger partial charge on any atom is -0.332 e. The van der Waals surface area contributed by atoms with E-state index in [1.165, 1.54) is 54.2 Å². The van der Waals surface area contributed by atoms with E-state index < -0.39 is 8.07 Å². The third-order valence-corrected chi connectivity index (χ3v) is 14.2. The van der Waals surface area contributed by atoms with Crippen molar-refractivity contribution in [3.63, 3.8) is 0 Å². The molecule has 0 saturated carbocycles. The maximum absolute atomic E-state index is 5.28. The van der Waals surface area contributed by atoms with E-state index in [0.717, 1.165) is 45.8 Å². The molecule has 0 amide bonds. The first-order valence-electron chi connectivity index (χ1n) is 21.4. The quantitative estimate of drug-likeness (QED) is 0.112. The Morgan fingerprint density at radius 3 is 1.97 bits per heavy atom. The van der Waals surface area contributed by atoms with E-state index in [4.69, 9.17) is 4.98 Å². The van der Waals surface area contributed by atoms with Crippen molar-refractivity contribution in [3.05, 3.63) is 180 Å². The molecule has 1 radical (unpaired) electrons. The van der Waals surface area contributed by atoms with Crippen LogP contribution in [0.25, 0.3) is 71.7 Å². The fraction of sp³-hybridized carbons (Fsp3) is 0.214. The Morgan fingerprint density at radius 1 is 0.742 bits per heavy atom. The Bertz CT molecular complexity index is 2880. The molecule has 3 heterocycles. The van der Waals surface area contributed by atoms with Gasteiger partial charge in [0.15, 0.2) is 0 Å². The molecule has 6 aromatic carbocycles. The van der Waals surface area contributed by atoms with Crippen molar-refractivity contribution < 1.29 is 20.1 Å². The molecule has 62 heavy (non-hydrogen) atoms. The van der Waals surface area contributed by atoms with Crippen LogP contribution in [0.15, 0.2) is 152 Å². The molecule has 0 fully saturated rings. The van der Waals surface area contributed by atoms with E-state index in [1.54, 1.807) is 11.3 Å². The number of fused-ring (bicyclic) bond motifs is 2. The van der Waals surface area contributed by atoms with E-state index in [9.17, 15) is 0 Å². The summed E-state index contributed by atoms with van der Waals surface area (Å²) in [6, 6.07) is 55.0. The minimum absolute atomic E-state index is 0. The molecule has 315 valence electrons. The number of pyridine rings is 1. The van der Waals surface area contributed by atoms with Gasteiger partial charge in [-0.25, -0.2) is 0 Å². The molecule has 3 nitrogen and oxygen atoms in total. The number of rotatable bonds is 8. The zero-order valence-electron chi connectivity index (χ0n) is 37.3. The van der Waals surface area contributed by atoms with Crippen molar-refractivity contribution in [2.45, 2.75) is 73.0 Å². The largest absolute Gasteiger partial charge is 0.332 e. The maximum Gasteiger partial charge on any atom is 0.0798 e. The van der Waals surface area contributed by atoms with Gasteiger partial charge in [-0.1, -0.05) is 172 Å². The van der Waals surface area contributed by atoms with E-state index >= 15 is 0 Å². The number of nitrogens with zero attached hydrogens (tertiary/aromatic N) is 3. The Hall–Kier alpha value is -5.23. The van der Waals surface area contributed by atoms with Gasteiger partial charge >= 0.3 is 0 Å². The molecule has 9 rings (SSSR count). The van der Waals surface area contributed by atoms with Gasteiger partial charge in [-0.3, -0.25) is 16.3 Å². The van der Waals surface area contributed by atoms with E-state index in [-0.39, 0.29) is 25.5 Å². The van der Waals surface area contributed by atoms with Gasteiger partial charge in [-0.15, -0.1) is 47.3 Å². The second-order valence-corrected chi connectivity index (χ2v) is 24.5.